The van der Waals surface area contributed by atoms with E-state index in [4.69, 9.17) is 52.1 Å². The van der Waals surface area contributed by atoms with Crippen LogP contribution in [-0.4, -0.2) is 171 Å². The van der Waals surface area contributed by atoms with E-state index in [9.17, 15) is 9.59 Å². The van der Waals surface area contributed by atoms with Gasteiger partial charge in [0.2, 0.25) is 11.8 Å². The van der Waals surface area contributed by atoms with Crippen molar-refractivity contribution in [2.45, 2.75) is 12.8 Å². The van der Waals surface area contributed by atoms with Crippen LogP contribution >= 0.6 is 0 Å². The predicted molar refractivity (Wildman–Crippen MR) is 156 cm³/mol. The number of carbonyl (C=O) groups excluding carboxylic acids is 2. The van der Waals surface area contributed by atoms with Crippen molar-refractivity contribution in [1.82, 2.24) is 10.6 Å². The van der Waals surface area contributed by atoms with Crippen LogP contribution in [0.15, 0.2) is 0 Å². The number of amides is 2. The molecule has 2 N–H and O–H groups in total. The van der Waals surface area contributed by atoms with Gasteiger partial charge in [0, 0.05) is 33.5 Å². The normalized spacial score (nSPS) is 11.2. The summed E-state index contributed by atoms with van der Waals surface area (Å²) in [7, 11) is 3.20. The first kappa shape index (κ1) is 41.5. The highest BCUT2D eigenvalue weighted by atomic mass is 16.6. The van der Waals surface area contributed by atoms with Crippen molar-refractivity contribution in [2.75, 3.05) is 159 Å². The Kier molecular flexibility index (Phi) is 35.4. The highest BCUT2D eigenvalue weighted by molar-refractivity contribution is 5.78. The Morgan fingerprint density at radius 3 is 0.953 bits per heavy atom. The van der Waals surface area contributed by atoms with Crippen LogP contribution in [0.25, 0.3) is 0 Å². The minimum atomic E-state index is -0.146. The molecule has 43 heavy (non-hydrogen) atoms. The minimum Gasteiger partial charge on any atom is -0.382 e. The third kappa shape index (κ3) is 36.6. The first-order valence-electron chi connectivity index (χ1n) is 14.9. The average molecular weight is 629 g/mol. The lowest BCUT2D eigenvalue weighted by Gasteiger charge is -2.09. The van der Waals surface area contributed by atoms with E-state index >= 15 is 0 Å². The number of methoxy groups -OCH3 is 1. The summed E-state index contributed by atoms with van der Waals surface area (Å²) in [6.45, 7) is 10.6. The Labute approximate surface area is 256 Å². The fourth-order valence-electron chi connectivity index (χ4n) is 2.92. The van der Waals surface area contributed by atoms with Crippen molar-refractivity contribution < 1.29 is 61.7 Å². The van der Waals surface area contributed by atoms with E-state index in [2.05, 4.69) is 10.6 Å². The summed E-state index contributed by atoms with van der Waals surface area (Å²) in [5.41, 5.74) is 0. The van der Waals surface area contributed by atoms with Crippen LogP contribution in [0.5, 0.6) is 0 Å². The second kappa shape index (κ2) is 36.7. The maximum Gasteiger partial charge on any atom is 0.222 e. The second-order valence-corrected chi connectivity index (χ2v) is 8.64. The fourth-order valence-corrected chi connectivity index (χ4v) is 2.92. The largest absolute Gasteiger partial charge is 0.382 e. The molecule has 0 radical (unpaired) electrons. The third-order valence-electron chi connectivity index (χ3n) is 5.21. The molecule has 15 nitrogen and oxygen atoms in total. The highest BCUT2D eigenvalue weighted by Gasteiger charge is 2.03. The third-order valence-corrected chi connectivity index (χ3v) is 5.21. The predicted octanol–water partition coefficient (Wildman–Crippen LogP) is -0.559. The molecule has 0 saturated heterocycles. The van der Waals surface area contributed by atoms with Gasteiger partial charge in [0.15, 0.2) is 0 Å². The summed E-state index contributed by atoms with van der Waals surface area (Å²) < 4.78 is 59.0. The molecule has 0 aromatic heterocycles. The SMILES string of the molecule is CNC(=O)CCNC(=O)CCOCCOCCOCCOCCOCCOCCOCCOCCOCCOCCOC. The molecule has 0 atom stereocenters. The van der Waals surface area contributed by atoms with Crippen LogP contribution in [0.4, 0.5) is 0 Å². The van der Waals surface area contributed by atoms with Gasteiger partial charge in [-0.05, 0) is 0 Å². The lowest BCUT2D eigenvalue weighted by Crippen LogP contribution is -2.29. The van der Waals surface area contributed by atoms with Crippen molar-refractivity contribution in [3.63, 3.8) is 0 Å². The summed E-state index contributed by atoms with van der Waals surface area (Å²) >= 11 is 0. The summed E-state index contributed by atoms with van der Waals surface area (Å²) in [6.07, 6.45) is 0.506. The molecule has 0 fully saturated rings. The zero-order chi connectivity index (χ0) is 31.3. The molecule has 2 amide bonds. The van der Waals surface area contributed by atoms with Gasteiger partial charge in [-0.15, -0.1) is 0 Å². The number of ether oxygens (including phenoxy) is 11. The molecular weight excluding hydrogens is 572 g/mol. The van der Waals surface area contributed by atoms with E-state index in [0.717, 1.165) is 0 Å². The van der Waals surface area contributed by atoms with Crippen molar-refractivity contribution in [1.29, 1.82) is 0 Å². The van der Waals surface area contributed by atoms with E-state index in [0.29, 0.717) is 145 Å². The summed E-state index contributed by atoms with van der Waals surface area (Å²) in [4.78, 5) is 22.6. The Morgan fingerprint density at radius 2 is 0.674 bits per heavy atom. The molecule has 0 aromatic rings. The molecule has 0 heterocycles. The van der Waals surface area contributed by atoms with Gasteiger partial charge in [-0.3, -0.25) is 9.59 Å². The molecule has 15 heteroatoms. The Balaban J connectivity index is 3.10. The van der Waals surface area contributed by atoms with Gasteiger partial charge in [-0.25, -0.2) is 0 Å². The molecular formula is C28H56N2O13. The summed E-state index contributed by atoms with van der Waals surface area (Å²) in [5, 5.41) is 5.16. The van der Waals surface area contributed by atoms with Crippen LogP contribution in [-0.2, 0) is 61.7 Å². The van der Waals surface area contributed by atoms with E-state index in [1.54, 1.807) is 14.2 Å². The van der Waals surface area contributed by atoms with Gasteiger partial charge in [0.1, 0.15) is 0 Å². The van der Waals surface area contributed by atoms with Crippen LogP contribution < -0.4 is 10.6 Å². The maximum atomic E-state index is 11.6. The van der Waals surface area contributed by atoms with Gasteiger partial charge < -0.3 is 62.7 Å². The molecule has 0 aromatic carbocycles. The Bertz CT molecular complexity index is 591. The first-order valence-corrected chi connectivity index (χ1v) is 14.9. The standard InChI is InChI=1S/C28H56N2O13/c1-29-27(31)3-5-30-28(32)4-6-34-9-10-36-13-14-38-17-18-40-21-22-42-25-26-43-24-23-41-20-19-39-16-15-37-12-11-35-8-7-33-2/h3-26H2,1-2H3,(H,29,31)(H,30,32). The Morgan fingerprint density at radius 1 is 0.395 bits per heavy atom. The first-order chi connectivity index (χ1) is 21.2. The van der Waals surface area contributed by atoms with Gasteiger partial charge in [0.25, 0.3) is 0 Å². The maximum absolute atomic E-state index is 11.6. The van der Waals surface area contributed by atoms with Crippen LogP contribution in [0.1, 0.15) is 12.8 Å². The summed E-state index contributed by atoms with van der Waals surface area (Å²) in [5.74, 6) is -0.257. The van der Waals surface area contributed by atoms with Crippen molar-refractivity contribution in [3.05, 3.63) is 0 Å². The summed E-state index contributed by atoms with van der Waals surface area (Å²) in [6, 6.07) is 0. The number of hydrogen-bond acceptors (Lipinski definition) is 13. The number of nitrogens with one attached hydrogen (secondary N) is 2. The zero-order valence-electron chi connectivity index (χ0n) is 26.3. The topological polar surface area (TPSA) is 160 Å². The second-order valence-electron chi connectivity index (χ2n) is 8.64. The number of rotatable bonds is 36. The highest BCUT2D eigenvalue weighted by Crippen LogP contribution is 1.88. The lowest BCUT2D eigenvalue weighted by atomic mass is 10.3. The average Bonchev–Trinajstić information content (AvgIpc) is 3.01. The lowest BCUT2D eigenvalue weighted by molar-refractivity contribution is -0.123. The quantitative estimate of drug-likeness (QED) is 0.0851. The number of carbonyl (C=O) groups is 2. The molecule has 0 aliphatic rings. The van der Waals surface area contributed by atoms with E-state index in [1.807, 2.05) is 0 Å². The van der Waals surface area contributed by atoms with Gasteiger partial charge in [-0.2, -0.15) is 0 Å². The Hall–Kier alpha value is -1.50. The van der Waals surface area contributed by atoms with E-state index < -0.39 is 0 Å². The van der Waals surface area contributed by atoms with Crippen molar-refractivity contribution in [2.24, 2.45) is 0 Å². The van der Waals surface area contributed by atoms with E-state index in [-0.39, 0.29) is 24.7 Å². The molecule has 0 rings (SSSR count). The molecule has 0 saturated carbocycles. The minimum absolute atomic E-state index is 0.110. The van der Waals surface area contributed by atoms with Gasteiger partial charge in [-0.1, -0.05) is 0 Å². The van der Waals surface area contributed by atoms with Crippen LogP contribution in [0.2, 0.25) is 0 Å². The van der Waals surface area contributed by atoms with Gasteiger partial charge >= 0.3 is 0 Å². The molecule has 0 bridgehead atoms. The molecule has 0 aliphatic carbocycles. The smallest absolute Gasteiger partial charge is 0.222 e. The molecule has 0 aliphatic heterocycles. The van der Waals surface area contributed by atoms with Crippen molar-refractivity contribution >= 4 is 11.8 Å². The van der Waals surface area contributed by atoms with Gasteiger partial charge in [0.05, 0.1) is 139 Å². The monoisotopic (exact) mass is 628 g/mol. The van der Waals surface area contributed by atoms with Crippen molar-refractivity contribution in [3.8, 4) is 0 Å². The molecule has 0 unspecified atom stereocenters. The number of hydrogen-bond donors (Lipinski definition) is 2. The fraction of sp³-hybridized carbons (Fsp3) is 0.929. The van der Waals surface area contributed by atoms with E-state index in [1.165, 1.54) is 0 Å². The van der Waals surface area contributed by atoms with Crippen LogP contribution in [0, 0.1) is 0 Å². The van der Waals surface area contributed by atoms with Crippen LogP contribution in [0.3, 0.4) is 0 Å². The molecule has 0 spiro atoms. The molecule has 256 valence electrons. The zero-order valence-corrected chi connectivity index (χ0v) is 26.3.